The zero-order valence-electron chi connectivity index (χ0n) is 12.6. The van der Waals surface area contributed by atoms with Gasteiger partial charge in [0.25, 0.3) is 0 Å². The van der Waals surface area contributed by atoms with Crippen LogP contribution in [0.15, 0.2) is 24.3 Å². The van der Waals surface area contributed by atoms with Gasteiger partial charge in [-0.2, -0.15) is 0 Å². The first-order chi connectivity index (χ1) is 10.2. The van der Waals surface area contributed by atoms with E-state index in [-0.39, 0.29) is 12.6 Å². The van der Waals surface area contributed by atoms with Crippen LogP contribution in [0.25, 0.3) is 0 Å². The molecule has 0 aliphatic rings. The summed E-state index contributed by atoms with van der Waals surface area (Å²) in [6.45, 7) is 3.07. The molecule has 5 heteroatoms. The molecule has 1 aromatic carbocycles. The summed E-state index contributed by atoms with van der Waals surface area (Å²) in [6.07, 6.45) is 2.99. The molecule has 0 unspecified atom stereocenters. The number of hydrogen-bond donors (Lipinski definition) is 0. The molecule has 0 amide bonds. The van der Waals surface area contributed by atoms with Crippen LogP contribution in [-0.4, -0.2) is 38.9 Å². The summed E-state index contributed by atoms with van der Waals surface area (Å²) in [6, 6.07) is 6.24. The van der Waals surface area contributed by atoms with E-state index in [4.69, 9.17) is 14.2 Å². The average Bonchev–Trinajstić information content (AvgIpc) is 2.51. The number of benzene rings is 1. The van der Waals surface area contributed by atoms with Gasteiger partial charge < -0.3 is 14.2 Å². The molecule has 21 heavy (non-hydrogen) atoms. The van der Waals surface area contributed by atoms with Crippen molar-refractivity contribution in [3.8, 4) is 0 Å². The molecular formula is C16H22O5. The summed E-state index contributed by atoms with van der Waals surface area (Å²) < 4.78 is 14.9. The van der Waals surface area contributed by atoms with Crippen LogP contribution in [0.3, 0.4) is 0 Å². The van der Waals surface area contributed by atoms with Crippen molar-refractivity contribution >= 4 is 11.9 Å². The normalized spacial score (nSPS) is 10.2. The van der Waals surface area contributed by atoms with E-state index >= 15 is 0 Å². The molecule has 0 saturated carbocycles. The molecule has 0 atom stereocenters. The van der Waals surface area contributed by atoms with E-state index in [9.17, 15) is 9.59 Å². The molecule has 0 N–H and O–H groups in total. The molecule has 0 fully saturated rings. The molecule has 0 heterocycles. The Labute approximate surface area is 125 Å². The minimum Gasteiger partial charge on any atom is -0.462 e. The van der Waals surface area contributed by atoms with Gasteiger partial charge in [0.1, 0.15) is 6.61 Å². The Bertz CT molecular complexity index is 438. The van der Waals surface area contributed by atoms with E-state index in [0.717, 1.165) is 19.3 Å². The molecule has 5 nitrogen and oxygen atoms in total. The number of esters is 2. The third-order valence-corrected chi connectivity index (χ3v) is 2.86. The van der Waals surface area contributed by atoms with Gasteiger partial charge >= 0.3 is 11.9 Å². The maximum Gasteiger partial charge on any atom is 0.338 e. The number of hydrogen-bond acceptors (Lipinski definition) is 5. The minimum atomic E-state index is -0.435. The fourth-order valence-electron chi connectivity index (χ4n) is 1.64. The molecular weight excluding hydrogens is 272 g/mol. The predicted molar refractivity (Wildman–Crippen MR) is 78.4 cm³/mol. The van der Waals surface area contributed by atoms with Gasteiger partial charge in [0, 0.05) is 7.11 Å². The number of rotatable bonds is 9. The van der Waals surface area contributed by atoms with Crippen LogP contribution >= 0.6 is 0 Å². The maximum absolute atomic E-state index is 11.7. The van der Waals surface area contributed by atoms with Crippen LogP contribution < -0.4 is 0 Å². The zero-order valence-corrected chi connectivity index (χ0v) is 12.6. The fourth-order valence-corrected chi connectivity index (χ4v) is 1.64. The van der Waals surface area contributed by atoms with Crippen LogP contribution in [0, 0.1) is 0 Å². The van der Waals surface area contributed by atoms with E-state index in [2.05, 4.69) is 6.92 Å². The standard InChI is InChI=1S/C16H22O5/c1-3-4-5-10-20-15(17)13-6-8-14(9-7-13)16(18)21-12-11-19-2/h6-9H,3-5,10-12H2,1-2H3. The summed E-state index contributed by atoms with van der Waals surface area (Å²) >= 11 is 0. The van der Waals surface area contributed by atoms with Gasteiger partial charge in [0.2, 0.25) is 0 Å². The second-order valence-electron chi connectivity index (χ2n) is 4.55. The van der Waals surface area contributed by atoms with Crippen molar-refractivity contribution in [2.45, 2.75) is 26.2 Å². The predicted octanol–water partition coefficient (Wildman–Crippen LogP) is 2.84. The highest BCUT2D eigenvalue weighted by molar-refractivity contribution is 5.93. The Kier molecular flexibility index (Phi) is 8.12. The average molecular weight is 294 g/mol. The Hall–Kier alpha value is -1.88. The molecule has 0 spiro atoms. The first-order valence-electron chi connectivity index (χ1n) is 7.12. The van der Waals surface area contributed by atoms with Crippen molar-refractivity contribution in [3.63, 3.8) is 0 Å². The number of methoxy groups -OCH3 is 1. The highest BCUT2D eigenvalue weighted by Crippen LogP contribution is 2.08. The monoisotopic (exact) mass is 294 g/mol. The van der Waals surface area contributed by atoms with Gasteiger partial charge in [-0.3, -0.25) is 0 Å². The Morgan fingerprint density at radius 1 is 0.857 bits per heavy atom. The molecule has 1 aromatic rings. The first kappa shape index (κ1) is 17.2. The molecule has 0 aliphatic heterocycles. The van der Waals surface area contributed by atoms with Gasteiger partial charge in [-0.05, 0) is 30.7 Å². The van der Waals surface area contributed by atoms with Crippen molar-refractivity contribution in [1.29, 1.82) is 0 Å². The van der Waals surface area contributed by atoms with E-state index in [0.29, 0.717) is 24.3 Å². The van der Waals surface area contributed by atoms with Crippen LogP contribution in [-0.2, 0) is 14.2 Å². The van der Waals surface area contributed by atoms with Gasteiger partial charge in [-0.25, -0.2) is 9.59 Å². The Balaban J connectivity index is 2.45. The molecule has 0 saturated heterocycles. The van der Waals surface area contributed by atoms with Crippen LogP contribution in [0.5, 0.6) is 0 Å². The van der Waals surface area contributed by atoms with Gasteiger partial charge in [-0.1, -0.05) is 19.8 Å². The quantitative estimate of drug-likeness (QED) is 0.517. The van der Waals surface area contributed by atoms with Crippen molar-refractivity contribution in [3.05, 3.63) is 35.4 Å². The number of ether oxygens (including phenoxy) is 3. The summed E-state index contributed by atoms with van der Waals surface area (Å²) in [5, 5.41) is 0. The summed E-state index contributed by atoms with van der Waals surface area (Å²) in [4.78, 5) is 23.4. The molecule has 1 rings (SSSR count). The van der Waals surface area contributed by atoms with Crippen molar-refractivity contribution in [2.75, 3.05) is 26.9 Å². The SMILES string of the molecule is CCCCCOC(=O)c1ccc(C(=O)OCCOC)cc1. The molecule has 116 valence electrons. The lowest BCUT2D eigenvalue weighted by molar-refractivity contribution is 0.0386. The fraction of sp³-hybridized carbons (Fsp3) is 0.500. The topological polar surface area (TPSA) is 61.8 Å². The Morgan fingerprint density at radius 2 is 1.38 bits per heavy atom. The second-order valence-corrected chi connectivity index (χ2v) is 4.55. The summed E-state index contributed by atoms with van der Waals surface area (Å²) in [5.74, 6) is -0.805. The number of carbonyl (C=O) groups is 2. The summed E-state index contributed by atoms with van der Waals surface area (Å²) in [7, 11) is 1.54. The summed E-state index contributed by atoms with van der Waals surface area (Å²) in [5.41, 5.74) is 0.827. The van der Waals surface area contributed by atoms with Crippen molar-refractivity contribution in [2.24, 2.45) is 0 Å². The largest absolute Gasteiger partial charge is 0.462 e. The minimum absolute atomic E-state index is 0.205. The van der Waals surface area contributed by atoms with E-state index < -0.39 is 5.97 Å². The van der Waals surface area contributed by atoms with Gasteiger partial charge in [0.05, 0.1) is 24.3 Å². The molecule has 0 aromatic heterocycles. The smallest absolute Gasteiger partial charge is 0.338 e. The second kappa shape index (κ2) is 9.94. The van der Waals surface area contributed by atoms with Crippen LogP contribution in [0.1, 0.15) is 46.9 Å². The lowest BCUT2D eigenvalue weighted by Gasteiger charge is -2.06. The van der Waals surface area contributed by atoms with Gasteiger partial charge in [0.15, 0.2) is 0 Å². The third kappa shape index (κ3) is 6.40. The Morgan fingerprint density at radius 3 is 1.86 bits per heavy atom. The zero-order chi connectivity index (χ0) is 15.5. The number of carbonyl (C=O) groups excluding carboxylic acids is 2. The molecule has 0 radical (unpaired) electrons. The number of unbranched alkanes of at least 4 members (excludes halogenated alkanes) is 2. The van der Waals surface area contributed by atoms with Crippen molar-refractivity contribution in [1.82, 2.24) is 0 Å². The highest BCUT2D eigenvalue weighted by Gasteiger charge is 2.10. The van der Waals surface area contributed by atoms with E-state index in [1.165, 1.54) is 7.11 Å². The highest BCUT2D eigenvalue weighted by atomic mass is 16.6. The van der Waals surface area contributed by atoms with Gasteiger partial charge in [-0.15, -0.1) is 0 Å². The first-order valence-corrected chi connectivity index (χ1v) is 7.12. The lowest BCUT2D eigenvalue weighted by atomic mass is 10.1. The molecule has 0 aliphatic carbocycles. The van der Waals surface area contributed by atoms with Crippen LogP contribution in [0.4, 0.5) is 0 Å². The van der Waals surface area contributed by atoms with E-state index in [1.54, 1.807) is 24.3 Å². The van der Waals surface area contributed by atoms with Crippen LogP contribution in [0.2, 0.25) is 0 Å². The lowest BCUT2D eigenvalue weighted by Crippen LogP contribution is -2.11. The molecule has 0 bridgehead atoms. The van der Waals surface area contributed by atoms with E-state index in [1.807, 2.05) is 0 Å². The third-order valence-electron chi connectivity index (χ3n) is 2.86. The maximum atomic E-state index is 11.7. The van der Waals surface area contributed by atoms with Crippen molar-refractivity contribution < 1.29 is 23.8 Å².